The van der Waals surface area contributed by atoms with Crippen molar-refractivity contribution in [2.24, 2.45) is 0 Å². The number of hydrogen-bond donors (Lipinski definition) is 2. The highest BCUT2D eigenvalue weighted by atomic mass is 16.5. The number of amides is 2. The zero-order valence-corrected chi connectivity index (χ0v) is 12.3. The van der Waals surface area contributed by atoms with E-state index < -0.39 is 6.09 Å². The fraction of sp³-hybridized carbons (Fsp3) is 0.118. The molecule has 2 aromatic rings. The maximum absolute atomic E-state index is 11.7. The molecule has 0 saturated heterocycles. The Morgan fingerprint density at radius 2 is 1.57 bits per heavy atom. The number of anilines is 2. The normalized spacial score (nSPS) is 9.52. The predicted molar refractivity (Wildman–Crippen MR) is 85.6 cm³/mol. The van der Waals surface area contributed by atoms with Crippen LogP contribution in [0, 0.1) is 11.3 Å². The van der Waals surface area contributed by atoms with Crippen molar-refractivity contribution in [2.45, 2.75) is 13.0 Å². The molecule has 116 valence electrons. The lowest BCUT2D eigenvalue weighted by Gasteiger charge is -2.08. The summed E-state index contributed by atoms with van der Waals surface area (Å²) in [6.07, 6.45) is -0.763. The molecule has 0 saturated carbocycles. The quantitative estimate of drug-likeness (QED) is 0.886. The highest BCUT2D eigenvalue weighted by Gasteiger charge is 2.05. The molecule has 0 aliphatic carbocycles. The Balaban J connectivity index is 1.82. The lowest BCUT2D eigenvalue weighted by atomic mass is 10.2. The van der Waals surface area contributed by atoms with E-state index in [-0.39, 0.29) is 18.9 Å². The molecule has 0 unspecified atom stereocenters. The van der Waals surface area contributed by atoms with E-state index in [0.717, 1.165) is 5.56 Å². The molecule has 2 aromatic carbocycles. The zero-order chi connectivity index (χ0) is 16.5. The van der Waals surface area contributed by atoms with Gasteiger partial charge >= 0.3 is 6.09 Å². The minimum absolute atomic E-state index is 0.189. The first kappa shape index (κ1) is 16.0. The summed E-state index contributed by atoms with van der Waals surface area (Å²) in [5, 5.41) is 13.6. The predicted octanol–water partition coefficient (Wildman–Crippen LogP) is 3.29. The molecule has 2 N–H and O–H groups in total. The van der Waals surface area contributed by atoms with Crippen LogP contribution in [-0.2, 0) is 16.1 Å². The van der Waals surface area contributed by atoms with E-state index in [1.807, 2.05) is 30.3 Å². The molecule has 0 spiro atoms. The summed E-state index contributed by atoms with van der Waals surface area (Å²) >= 11 is 0. The Kier molecular flexibility index (Phi) is 5.72. The third kappa shape index (κ3) is 5.52. The van der Waals surface area contributed by atoms with Gasteiger partial charge in [0.25, 0.3) is 0 Å². The minimum Gasteiger partial charge on any atom is -0.444 e. The molecule has 0 fully saturated rings. The van der Waals surface area contributed by atoms with Crippen LogP contribution in [0.2, 0.25) is 0 Å². The third-order valence-corrected chi connectivity index (χ3v) is 2.87. The number of hydrogen-bond acceptors (Lipinski definition) is 4. The summed E-state index contributed by atoms with van der Waals surface area (Å²) < 4.78 is 5.10. The Labute approximate surface area is 133 Å². The number of ether oxygens (including phenoxy) is 1. The number of rotatable bonds is 5. The van der Waals surface area contributed by atoms with Crippen molar-refractivity contribution in [3.63, 3.8) is 0 Å². The van der Waals surface area contributed by atoms with Crippen molar-refractivity contribution in [3.05, 3.63) is 60.2 Å². The lowest BCUT2D eigenvalue weighted by molar-refractivity contribution is -0.115. The molecule has 0 aliphatic heterocycles. The second-order valence-electron chi connectivity index (χ2n) is 4.65. The van der Waals surface area contributed by atoms with Crippen LogP contribution in [-0.4, -0.2) is 12.0 Å². The first-order valence-electron chi connectivity index (χ1n) is 6.92. The van der Waals surface area contributed by atoms with Gasteiger partial charge in [0.2, 0.25) is 5.91 Å². The van der Waals surface area contributed by atoms with Gasteiger partial charge in [-0.1, -0.05) is 30.3 Å². The van der Waals surface area contributed by atoms with E-state index >= 15 is 0 Å². The van der Waals surface area contributed by atoms with Gasteiger partial charge in [-0.25, -0.2) is 4.79 Å². The van der Waals surface area contributed by atoms with Gasteiger partial charge in [-0.2, -0.15) is 5.26 Å². The van der Waals surface area contributed by atoms with E-state index in [2.05, 4.69) is 10.6 Å². The summed E-state index contributed by atoms with van der Waals surface area (Å²) in [5.41, 5.74) is 1.99. The van der Waals surface area contributed by atoms with Gasteiger partial charge in [0.15, 0.2) is 0 Å². The van der Waals surface area contributed by atoms with Gasteiger partial charge in [-0.05, 0) is 29.8 Å². The van der Waals surface area contributed by atoms with Crippen molar-refractivity contribution in [1.82, 2.24) is 0 Å². The molecule has 0 atom stereocenters. The van der Waals surface area contributed by atoms with Crippen LogP contribution in [0.15, 0.2) is 54.6 Å². The molecular weight excluding hydrogens is 294 g/mol. The van der Waals surface area contributed by atoms with Gasteiger partial charge in [-0.15, -0.1) is 0 Å². The Morgan fingerprint density at radius 1 is 0.957 bits per heavy atom. The average molecular weight is 309 g/mol. The SMILES string of the molecule is N#CCC(=O)Nc1ccc(NC(=O)OCc2ccccc2)cc1. The minimum atomic E-state index is -0.560. The number of benzene rings is 2. The van der Waals surface area contributed by atoms with Crippen LogP contribution < -0.4 is 10.6 Å². The van der Waals surface area contributed by atoms with E-state index in [9.17, 15) is 9.59 Å². The number of nitrogens with zero attached hydrogens (tertiary/aromatic N) is 1. The van der Waals surface area contributed by atoms with Crippen molar-refractivity contribution in [3.8, 4) is 6.07 Å². The molecule has 0 aromatic heterocycles. The Hall–Kier alpha value is -3.33. The van der Waals surface area contributed by atoms with Crippen LogP contribution >= 0.6 is 0 Å². The molecule has 6 heteroatoms. The van der Waals surface area contributed by atoms with E-state index in [1.165, 1.54) is 0 Å². The van der Waals surface area contributed by atoms with Crippen LogP contribution in [0.25, 0.3) is 0 Å². The van der Waals surface area contributed by atoms with Crippen LogP contribution in [0.4, 0.5) is 16.2 Å². The second-order valence-corrected chi connectivity index (χ2v) is 4.65. The molecule has 0 aliphatic rings. The van der Waals surface area contributed by atoms with Crippen LogP contribution in [0.5, 0.6) is 0 Å². The van der Waals surface area contributed by atoms with Crippen molar-refractivity contribution in [2.75, 3.05) is 10.6 Å². The fourth-order valence-electron chi connectivity index (χ4n) is 1.79. The maximum Gasteiger partial charge on any atom is 0.411 e. The summed E-state index contributed by atoms with van der Waals surface area (Å²) in [4.78, 5) is 23.0. The molecule has 0 bridgehead atoms. The van der Waals surface area contributed by atoms with E-state index in [1.54, 1.807) is 30.3 Å². The van der Waals surface area contributed by atoms with E-state index in [4.69, 9.17) is 10.00 Å². The first-order chi connectivity index (χ1) is 11.2. The summed E-state index contributed by atoms with van der Waals surface area (Å²) in [5.74, 6) is -0.379. The molecular formula is C17H15N3O3. The zero-order valence-electron chi connectivity index (χ0n) is 12.3. The Morgan fingerprint density at radius 3 is 2.17 bits per heavy atom. The molecule has 23 heavy (non-hydrogen) atoms. The van der Waals surface area contributed by atoms with Crippen molar-refractivity contribution >= 4 is 23.4 Å². The van der Waals surface area contributed by atoms with Gasteiger partial charge in [0.05, 0.1) is 6.07 Å². The molecule has 2 rings (SSSR count). The molecule has 0 heterocycles. The third-order valence-electron chi connectivity index (χ3n) is 2.87. The van der Waals surface area contributed by atoms with Crippen LogP contribution in [0.3, 0.4) is 0 Å². The maximum atomic E-state index is 11.7. The number of carbonyl (C=O) groups is 2. The number of carbonyl (C=O) groups excluding carboxylic acids is 2. The van der Waals surface area contributed by atoms with E-state index in [0.29, 0.717) is 11.4 Å². The number of nitriles is 1. The van der Waals surface area contributed by atoms with Crippen molar-refractivity contribution < 1.29 is 14.3 Å². The van der Waals surface area contributed by atoms with Gasteiger partial charge in [0.1, 0.15) is 13.0 Å². The summed E-state index contributed by atoms with van der Waals surface area (Å²) in [6, 6.07) is 17.6. The van der Waals surface area contributed by atoms with Gasteiger partial charge in [0, 0.05) is 11.4 Å². The fourth-order valence-corrected chi connectivity index (χ4v) is 1.79. The largest absolute Gasteiger partial charge is 0.444 e. The topological polar surface area (TPSA) is 91.2 Å². The van der Waals surface area contributed by atoms with Gasteiger partial charge < -0.3 is 10.1 Å². The Bertz CT molecular complexity index is 706. The smallest absolute Gasteiger partial charge is 0.411 e. The van der Waals surface area contributed by atoms with Gasteiger partial charge in [-0.3, -0.25) is 10.1 Å². The molecule has 6 nitrogen and oxygen atoms in total. The summed E-state index contributed by atoms with van der Waals surface area (Å²) in [7, 11) is 0. The lowest BCUT2D eigenvalue weighted by Crippen LogP contribution is -2.14. The standard InChI is InChI=1S/C17H15N3O3/c18-11-10-16(21)19-14-6-8-15(9-7-14)20-17(22)23-12-13-4-2-1-3-5-13/h1-9H,10,12H2,(H,19,21)(H,20,22). The summed E-state index contributed by atoms with van der Waals surface area (Å²) in [6.45, 7) is 0.189. The number of nitrogens with one attached hydrogen (secondary N) is 2. The molecule has 2 amide bonds. The highest BCUT2D eigenvalue weighted by Crippen LogP contribution is 2.14. The first-order valence-corrected chi connectivity index (χ1v) is 6.92. The highest BCUT2D eigenvalue weighted by molar-refractivity contribution is 5.92. The second kappa shape index (κ2) is 8.20. The average Bonchev–Trinajstić information content (AvgIpc) is 2.56. The monoisotopic (exact) mass is 309 g/mol. The van der Waals surface area contributed by atoms with Crippen LogP contribution in [0.1, 0.15) is 12.0 Å². The van der Waals surface area contributed by atoms with Crippen molar-refractivity contribution in [1.29, 1.82) is 5.26 Å². The molecule has 0 radical (unpaired) electrons.